The molecule has 0 saturated carbocycles. The maximum atomic E-state index is 12.1. The summed E-state index contributed by atoms with van der Waals surface area (Å²) in [6, 6.07) is 10.9. The van der Waals surface area contributed by atoms with E-state index in [0.717, 1.165) is 22.6 Å². The molecule has 1 atom stereocenters. The quantitative estimate of drug-likeness (QED) is 0.566. The summed E-state index contributed by atoms with van der Waals surface area (Å²) in [4.78, 5) is 23.0. The van der Waals surface area contributed by atoms with Crippen molar-refractivity contribution in [1.82, 2.24) is 0 Å². The van der Waals surface area contributed by atoms with Crippen molar-refractivity contribution >= 4 is 17.3 Å². The van der Waals surface area contributed by atoms with Crippen molar-refractivity contribution in [3.8, 4) is 5.75 Å². The molecular formula is C17H17F3N3O4+. The van der Waals surface area contributed by atoms with Gasteiger partial charge in [0.25, 0.3) is 11.6 Å². The van der Waals surface area contributed by atoms with E-state index in [1.165, 1.54) is 24.3 Å². The number of carbonyl (C=O) groups is 1. The van der Waals surface area contributed by atoms with Gasteiger partial charge in [-0.2, -0.15) is 0 Å². The van der Waals surface area contributed by atoms with Gasteiger partial charge in [0.05, 0.1) is 12.0 Å². The first-order chi connectivity index (χ1) is 12.6. The van der Waals surface area contributed by atoms with Crippen LogP contribution in [0.3, 0.4) is 0 Å². The van der Waals surface area contributed by atoms with Crippen LogP contribution in [0.15, 0.2) is 48.5 Å². The van der Waals surface area contributed by atoms with E-state index in [0.29, 0.717) is 12.2 Å². The number of nitro groups is 1. The highest BCUT2D eigenvalue weighted by Gasteiger charge is 2.30. The van der Waals surface area contributed by atoms with Crippen molar-refractivity contribution < 1.29 is 32.5 Å². The highest BCUT2D eigenvalue weighted by atomic mass is 19.4. The van der Waals surface area contributed by atoms with E-state index >= 15 is 0 Å². The fraction of sp³-hybridized carbons (Fsp3) is 0.235. The first-order valence-corrected chi connectivity index (χ1v) is 7.83. The standard InChI is InChI=1S/C17H16F3N3O4/c1-22(10-12-2-6-14(7-3-12)23(25)26)11-16(24)21-13-4-8-15(9-5-13)27-17(18,19)20/h2-9H,10-11H2,1H3,(H,21,24)/p+1. The van der Waals surface area contributed by atoms with Crippen LogP contribution in [0.25, 0.3) is 0 Å². The number of nitro benzene ring substituents is 1. The van der Waals surface area contributed by atoms with Gasteiger partial charge in [-0.25, -0.2) is 0 Å². The minimum Gasteiger partial charge on any atom is -0.406 e. The second-order valence-electron chi connectivity index (χ2n) is 5.85. The van der Waals surface area contributed by atoms with Gasteiger partial charge in [-0.05, 0) is 36.4 Å². The van der Waals surface area contributed by atoms with Gasteiger partial charge in [-0.15, -0.1) is 13.2 Å². The van der Waals surface area contributed by atoms with E-state index in [1.807, 2.05) is 0 Å². The summed E-state index contributed by atoms with van der Waals surface area (Å²) in [5.74, 6) is -0.694. The van der Waals surface area contributed by atoms with Gasteiger partial charge in [0.2, 0.25) is 0 Å². The van der Waals surface area contributed by atoms with Crippen molar-refractivity contribution in [1.29, 1.82) is 0 Å². The maximum absolute atomic E-state index is 12.1. The molecule has 144 valence electrons. The number of amides is 1. The van der Waals surface area contributed by atoms with Crippen LogP contribution in [0.5, 0.6) is 5.75 Å². The van der Waals surface area contributed by atoms with Crippen LogP contribution in [0.1, 0.15) is 5.56 Å². The molecule has 1 unspecified atom stereocenters. The molecule has 7 nitrogen and oxygen atoms in total. The molecule has 0 aliphatic rings. The highest BCUT2D eigenvalue weighted by molar-refractivity contribution is 5.91. The number of hydrogen-bond donors (Lipinski definition) is 2. The number of rotatable bonds is 7. The zero-order valence-corrected chi connectivity index (χ0v) is 14.2. The summed E-state index contributed by atoms with van der Waals surface area (Å²) < 4.78 is 40.1. The lowest BCUT2D eigenvalue weighted by Gasteiger charge is -2.14. The lowest BCUT2D eigenvalue weighted by atomic mass is 10.2. The lowest BCUT2D eigenvalue weighted by Crippen LogP contribution is -3.08. The van der Waals surface area contributed by atoms with Gasteiger partial charge in [0.15, 0.2) is 6.54 Å². The molecule has 0 fully saturated rings. The number of benzene rings is 2. The Balaban J connectivity index is 1.84. The first-order valence-electron chi connectivity index (χ1n) is 7.83. The van der Waals surface area contributed by atoms with Crippen molar-refractivity contribution in [3.63, 3.8) is 0 Å². The van der Waals surface area contributed by atoms with Crippen molar-refractivity contribution in [2.24, 2.45) is 0 Å². The van der Waals surface area contributed by atoms with E-state index in [2.05, 4.69) is 10.1 Å². The average Bonchev–Trinajstić information content (AvgIpc) is 2.55. The molecule has 0 aliphatic carbocycles. The van der Waals surface area contributed by atoms with Crippen LogP contribution >= 0.6 is 0 Å². The number of likely N-dealkylation sites (N-methyl/N-ethyl adjacent to an activating group) is 1. The van der Waals surface area contributed by atoms with Crippen LogP contribution in [0.4, 0.5) is 24.5 Å². The Morgan fingerprint density at radius 2 is 1.74 bits per heavy atom. The molecule has 2 aromatic rings. The van der Waals surface area contributed by atoms with Gasteiger partial charge >= 0.3 is 6.36 Å². The van der Waals surface area contributed by atoms with E-state index in [-0.39, 0.29) is 23.9 Å². The number of nitrogens with one attached hydrogen (secondary N) is 2. The lowest BCUT2D eigenvalue weighted by molar-refractivity contribution is -0.885. The Kier molecular flexibility index (Phi) is 6.35. The fourth-order valence-corrected chi connectivity index (χ4v) is 2.37. The smallest absolute Gasteiger partial charge is 0.406 e. The van der Waals surface area contributed by atoms with Gasteiger partial charge in [-0.1, -0.05) is 0 Å². The number of ether oxygens (including phenoxy) is 1. The summed E-state index contributed by atoms with van der Waals surface area (Å²) >= 11 is 0. The molecule has 0 radical (unpaired) electrons. The summed E-state index contributed by atoms with van der Waals surface area (Å²) in [6.07, 6.45) is -4.77. The molecular weight excluding hydrogens is 367 g/mol. The molecule has 0 aliphatic heterocycles. The normalized spacial score (nSPS) is 12.3. The second-order valence-corrected chi connectivity index (χ2v) is 5.85. The SMILES string of the molecule is C[NH+](CC(=O)Nc1ccc(OC(F)(F)F)cc1)Cc1ccc([N+](=O)[O-])cc1. The van der Waals surface area contributed by atoms with Crippen molar-refractivity contribution in [2.45, 2.75) is 12.9 Å². The fourth-order valence-electron chi connectivity index (χ4n) is 2.37. The molecule has 0 saturated heterocycles. The molecule has 2 aromatic carbocycles. The van der Waals surface area contributed by atoms with E-state index in [1.54, 1.807) is 19.2 Å². The molecule has 27 heavy (non-hydrogen) atoms. The summed E-state index contributed by atoms with van der Waals surface area (Å²) in [5.41, 5.74) is 1.17. The Bertz CT molecular complexity index is 793. The van der Waals surface area contributed by atoms with Crippen LogP contribution in [-0.2, 0) is 11.3 Å². The molecule has 0 spiro atoms. The molecule has 1 amide bonds. The molecule has 0 bridgehead atoms. The monoisotopic (exact) mass is 384 g/mol. The van der Waals surface area contributed by atoms with Crippen LogP contribution in [0, 0.1) is 10.1 Å². The third-order valence-corrected chi connectivity index (χ3v) is 3.49. The van der Waals surface area contributed by atoms with Crippen LogP contribution in [-0.4, -0.2) is 30.8 Å². The van der Waals surface area contributed by atoms with Crippen LogP contribution in [0.2, 0.25) is 0 Å². The molecule has 2 N–H and O–H groups in total. The topological polar surface area (TPSA) is 85.9 Å². The summed E-state index contributed by atoms with van der Waals surface area (Å²) in [7, 11) is 1.78. The highest BCUT2D eigenvalue weighted by Crippen LogP contribution is 2.23. The summed E-state index contributed by atoms with van der Waals surface area (Å²) in [5, 5.41) is 13.2. The van der Waals surface area contributed by atoms with Crippen molar-refractivity contribution in [3.05, 3.63) is 64.2 Å². The molecule has 10 heteroatoms. The largest absolute Gasteiger partial charge is 0.573 e. The number of non-ortho nitro benzene ring substituents is 1. The number of alkyl halides is 3. The van der Waals surface area contributed by atoms with Crippen molar-refractivity contribution in [2.75, 3.05) is 18.9 Å². The van der Waals surface area contributed by atoms with Gasteiger partial charge in [-0.3, -0.25) is 14.9 Å². The number of hydrogen-bond acceptors (Lipinski definition) is 4. The second kappa shape index (κ2) is 8.49. The van der Waals surface area contributed by atoms with Crippen LogP contribution < -0.4 is 15.0 Å². The number of halogens is 3. The third-order valence-electron chi connectivity index (χ3n) is 3.49. The Morgan fingerprint density at radius 1 is 1.15 bits per heavy atom. The van der Waals surface area contributed by atoms with E-state index in [9.17, 15) is 28.1 Å². The predicted octanol–water partition coefficient (Wildman–Crippen LogP) is 2.15. The van der Waals surface area contributed by atoms with E-state index in [4.69, 9.17) is 0 Å². The third kappa shape index (κ3) is 6.94. The predicted molar refractivity (Wildman–Crippen MR) is 90.3 cm³/mol. The maximum Gasteiger partial charge on any atom is 0.573 e. The molecule has 0 aromatic heterocycles. The molecule has 2 rings (SSSR count). The Morgan fingerprint density at radius 3 is 2.26 bits per heavy atom. The number of anilines is 1. The van der Waals surface area contributed by atoms with E-state index < -0.39 is 11.3 Å². The minimum atomic E-state index is -4.77. The summed E-state index contributed by atoms with van der Waals surface area (Å²) in [6.45, 7) is 0.585. The van der Waals surface area contributed by atoms with Gasteiger partial charge in [0, 0.05) is 23.4 Å². The zero-order chi connectivity index (χ0) is 20.0. The first kappa shape index (κ1) is 20.2. The Hall–Kier alpha value is -3.14. The van der Waals surface area contributed by atoms with Gasteiger partial charge < -0.3 is 15.0 Å². The molecule has 0 heterocycles. The number of carbonyl (C=O) groups excluding carboxylic acids is 1. The Labute approximate surface area is 152 Å². The minimum absolute atomic E-state index is 0.00732. The van der Waals surface area contributed by atoms with Gasteiger partial charge in [0.1, 0.15) is 12.3 Å². The number of nitrogens with zero attached hydrogens (tertiary/aromatic N) is 1. The number of quaternary nitrogens is 1. The zero-order valence-electron chi connectivity index (χ0n) is 14.2. The average molecular weight is 384 g/mol.